The zero-order chi connectivity index (χ0) is 13.1. The SMILES string of the molecule is CC(CNCc1cc(Br)c2c(c1)OCO2)S(C)=O. The first kappa shape index (κ1) is 13.8. The van der Waals surface area contributed by atoms with E-state index >= 15 is 0 Å². The Morgan fingerprint density at radius 3 is 3.00 bits per heavy atom. The largest absolute Gasteiger partial charge is 0.454 e. The molecular formula is C12H16BrNO3S. The Morgan fingerprint density at radius 2 is 2.28 bits per heavy atom. The summed E-state index contributed by atoms with van der Waals surface area (Å²) in [5.41, 5.74) is 1.11. The van der Waals surface area contributed by atoms with Crippen molar-refractivity contribution in [1.29, 1.82) is 0 Å². The van der Waals surface area contributed by atoms with Crippen molar-refractivity contribution in [3.8, 4) is 11.5 Å². The topological polar surface area (TPSA) is 47.6 Å². The molecule has 18 heavy (non-hydrogen) atoms. The van der Waals surface area contributed by atoms with Crippen LogP contribution in [0.5, 0.6) is 11.5 Å². The van der Waals surface area contributed by atoms with Crippen molar-refractivity contribution < 1.29 is 13.7 Å². The Labute approximate surface area is 118 Å². The number of hydrogen-bond acceptors (Lipinski definition) is 4. The second-order valence-corrected chi connectivity index (χ2v) is 6.91. The van der Waals surface area contributed by atoms with Crippen molar-refractivity contribution in [3.05, 3.63) is 22.2 Å². The third-order valence-electron chi connectivity index (χ3n) is 2.81. The fourth-order valence-corrected chi connectivity index (χ4v) is 2.62. The van der Waals surface area contributed by atoms with Crippen LogP contribution in [0.3, 0.4) is 0 Å². The lowest BCUT2D eigenvalue weighted by molar-refractivity contribution is 0.173. The molecule has 1 N–H and O–H groups in total. The summed E-state index contributed by atoms with van der Waals surface area (Å²) in [7, 11) is -0.789. The van der Waals surface area contributed by atoms with E-state index in [0.717, 1.165) is 34.6 Å². The molecule has 1 aromatic carbocycles. The third-order valence-corrected chi connectivity index (χ3v) is 4.70. The van der Waals surface area contributed by atoms with Gasteiger partial charge in [0.25, 0.3) is 0 Å². The molecule has 0 bridgehead atoms. The summed E-state index contributed by atoms with van der Waals surface area (Å²) >= 11 is 3.46. The van der Waals surface area contributed by atoms with E-state index in [1.54, 1.807) is 6.26 Å². The van der Waals surface area contributed by atoms with Crippen LogP contribution in [0, 0.1) is 0 Å². The first-order chi connectivity index (χ1) is 8.58. The summed E-state index contributed by atoms with van der Waals surface area (Å²) in [5, 5.41) is 3.45. The maximum atomic E-state index is 11.2. The molecule has 0 radical (unpaired) electrons. The molecule has 6 heteroatoms. The number of halogens is 1. The van der Waals surface area contributed by atoms with E-state index in [-0.39, 0.29) is 12.0 Å². The molecule has 0 fully saturated rings. The van der Waals surface area contributed by atoms with Gasteiger partial charge in [-0.2, -0.15) is 0 Å². The highest BCUT2D eigenvalue weighted by Crippen LogP contribution is 2.39. The first-order valence-corrected chi connectivity index (χ1v) is 8.10. The fourth-order valence-electron chi connectivity index (χ4n) is 1.66. The molecule has 0 amide bonds. The van der Waals surface area contributed by atoms with Crippen LogP contribution in [0.15, 0.2) is 16.6 Å². The molecule has 0 saturated heterocycles. The van der Waals surface area contributed by atoms with Gasteiger partial charge in [0.2, 0.25) is 6.79 Å². The minimum absolute atomic E-state index is 0.155. The number of rotatable bonds is 5. The van der Waals surface area contributed by atoms with Crippen LogP contribution in [0.25, 0.3) is 0 Å². The zero-order valence-electron chi connectivity index (χ0n) is 10.4. The van der Waals surface area contributed by atoms with Crippen LogP contribution in [0.4, 0.5) is 0 Å². The Morgan fingerprint density at radius 1 is 1.50 bits per heavy atom. The van der Waals surface area contributed by atoms with E-state index in [0.29, 0.717) is 0 Å². The Kier molecular flexibility index (Phi) is 4.64. The summed E-state index contributed by atoms with van der Waals surface area (Å²) < 4.78 is 22.8. The molecule has 2 atom stereocenters. The van der Waals surface area contributed by atoms with Crippen LogP contribution in [-0.2, 0) is 17.3 Å². The summed E-state index contributed by atoms with van der Waals surface area (Å²) in [4.78, 5) is 0. The van der Waals surface area contributed by atoms with Gasteiger partial charge in [-0.3, -0.25) is 4.21 Å². The van der Waals surface area contributed by atoms with Gasteiger partial charge in [0.15, 0.2) is 11.5 Å². The molecule has 0 spiro atoms. The second kappa shape index (κ2) is 6.04. The van der Waals surface area contributed by atoms with E-state index in [4.69, 9.17) is 9.47 Å². The molecule has 0 saturated carbocycles. The fraction of sp³-hybridized carbons (Fsp3) is 0.500. The highest BCUT2D eigenvalue weighted by Gasteiger charge is 2.17. The number of benzene rings is 1. The lowest BCUT2D eigenvalue weighted by Crippen LogP contribution is -2.27. The van der Waals surface area contributed by atoms with Crippen LogP contribution < -0.4 is 14.8 Å². The highest BCUT2D eigenvalue weighted by molar-refractivity contribution is 9.10. The van der Waals surface area contributed by atoms with Gasteiger partial charge in [0.05, 0.1) is 4.47 Å². The predicted molar refractivity (Wildman–Crippen MR) is 75.5 cm³/mol. The van der Waals surface area contributed by atoms with E-state index < -0.39 is 10.8 Å². The summed E-state index contributed by atoms with van der Waals surface area (Å²) in [6, 6.07) is 3.97. The van der Waals surface area contributed by atoms with E-state index in [9.17, 15) is 4.21 Å². The number of fused-ring (bicyclic) bond motifs is 1. The van der Waals surface area contributed by atoms with Crippen LogP contribution in [0.1, 0.15) is 12.5 Å². The van der Waals surface area contributed by atoms with Crippen molar-refractivity contribution in [2.75, 3.05) is 19.6 Å². The minimum Gasteiger partial charge on any atom is -0.454 e. The van der Waals surface area contributed by atoms with E-state index in [1.165, 1.54) is 0 Å². The minimum atomic E-state index is -0.789. The first-order valence-electron chi connectivity index (χ1n) is 5.69. The monoisotopic (exact) mass is 333 g/mol. The van der Waals surface area contributed by atoms with Gasteiger partial charge in [-0.1, -0.05) is 0 Å². The molecule has 1 aliphatic heterocycles. The van der Waals surface area contributed by atoms with Gasteiger partial charge in [0, 0.05) is 35.4 Å². The van der Waals surface area contributed by atoms with Crippen molar-refractivity contribution in [1.82, 2.24) is 5.32 Å². The highest BCUT2D eigenvalue weighted by atomic mass is 79.9. The summed E-state index contributed by atoms with van der Waals surface area (Å²) in [6.45, 7) is 3.70. The Balaban J connectivity index is 1.94. The Hall–Kier alpha value is -0.590. The molecular weight excluding hydrogens is 318 g/mol. The molecule has 100 valence electrons. The summed E-state index contributed by atoms with van der Waals surface area (Å²) in [6.07, 6.45) is 1.73. The molecule has 0 aliphatic carbocycles. The molecule has 2 rings (SSSR count). The van der Waals surface area contributed by atoms with Gasteiger partial charge >= 0.3 is 0 Å². The molecule has 2 unspecified atom stereocenters. The van der Waals surface area contributed by atoms with Gasteiger partial charge in [0.1, 0.15) is 0 Å². The van der Waals surface area contributed by atoms with Gasteiger partial charge in [-0.15, -0.1) is 0 Å². The van der Waals surface area contributed by atoms with Gasteiger partial charge < -0.3 is 14.8 Å². The van der Waals surface area contributed by atoms with Gasteiger partial charge in [-0.05, 0) is 40.5 Å². The standard InChI is InChI=1S/C12H16BrNO3S/c1-8(18(2)15)5-14-6-9-3-10(13)12-11(4-9)16-7-17-12/h3-4,8,14H,5-7H2,1-2H3. The quantitative estimate of drug-likeness (QED) is 0.895. The molecule has 1 heterocycles. The zero-order valence-corrected chi connectivity index (χ0v) is 12.8. The molecule has 1 aromatic rings. The predicted octanol–water partition coefficient (Wildman–Crippen LogP) is 2.03. The maximum absolute atomic E-state index is 11.2. The van der Waals surface area contributed by atoms with Crippen molar-refractivity contribution >= 4 is 26.7 Å². The number of hydrogen-bond donors (Lipinski definition) is 1. The normalized spacial score (nSPS) is 16.6. The number of ether oxygens (including phenoxy) is 2. The molecule has 1 aliphatic rings. The Bertz CT molecular complexity index is 467. The third kappa shape index (κ3) is 3.24. The summed E-state index contributed by atoms with van der Waals surface area (Å²) in [5.74, 6) is 1.54. The smallest absolute Gasteiger partial charge is 0.231 e. The molecule has 0 aromatic heterocycles. The van der Waals surface area contributed by atoms with Crippen molar-refractivity contribution in [2.24, 2.45) is 0 Å². The van der Waals surface area contributed by atoms with E-state index in [2.05, 4.69) is 21.2 Å². The van der Waals surface area contributed by atoms with Crippen molar-refractivity contribution in [2.45, 2.75) is 18.7 Å². The lowest BCUT2D eigenvalue weighted by atomic mass is 10.2. The van der Waals surface area contributed by atoms with E-state index in [1.807, 2.05) is 19.1 Å². The van der Waals surface area contributed by atoms with Gasteiger partial charge in [-0.25, -0.2) is 0 Å². The lowest BCUT2D eigenvalue weighted by Gasteiger charge is -2.10. The van der Waals surface area contributed by atoms with Crippen LogP contribution in [-0.4, -0.2) is 29.1 Å². The van der Waals surface area contributed by atoms with Crippen LogP contribution in [0.2, 0.25) is 0 Å². The van der Waals surface area contributed by atoms with Crippen molar-refractivity contribution in [3.63, 3.8) is 0 Å². The maximum Gasteiger partial charge on any atom is 0.231 e. The average molecular weight is 334 g/mol. The second-order valence-electron chi connectivity index (χ2n) is 4.25. The molecule has 4 nitrogen and oxygen atoms in total. The van der Waals surface area contributed by atoms with Crippen LogP contribution >= 0.6 is 15.9 Å². The number of nitrogens with one attached hydrogen (secondary N) is 1. The average Bonchev–Trinajstić information content (AvgIpc) is 2.77.